The number of amides is 1. The molecule has 6 nitrogen and oxygen atoms in total. The third-order valence-electron chi connectivity index (χ3n) is 3.52. The van der Waals surface area contributed by atoms with Gasteiger partial charge in [-0.15, -0.1) is 0 Å². The van der Waals surface area contributed by atoms with Crippen LogP contribution in [0.5, 0.6) is 5.75 Å². The molecule has 1 unspecified atom stereocenters. The highest BCUT2D eigenvalue weighted by Crippen LogP contribution is 2.18. The van der Waals surface area contributed by atoms with Crippen LogP contribution >= 0.6 is 0 Å². The molecule has 0 heterocycles. The topological polar surface area (TPSA) is 98.5 Å². The second-order valence-corrected chi connectivity index (χ2v) is 7.00. The number of rotatable bonds is 7. The molecule has 0 aromatic heterocycles. The number of hydrogen-bond donors (Lipinski definition) is 2. The highest BCUT2D eigenvalue weighted by molar-refractivity contribution is 7.89. The van der Waals surface area contributed by atoms with Gasteiger partial charge in [-0.1, -0.05) is 24.8 Å². The number of carbonyl (C=O) groups is 1. The Bertz CT molecular complexity index is 861. The molecular weight excluding hydrogens is 340 g/mol. The van der Waals surface area contributed by atoms with E-state index in [0.29, 0.717) is 23.5 Å². The zero-order valence-corrected chi connectivity index (χ0v) is 14.6. The van der Waals surface area contributed by atoms with Crippen molar-refractivity contribution in [1.82, 2.24) is 5.32 Å². The average Bonchev–Trinajstić information content (AvgIpc) is 2.59. The molecule has 0 radical (unpaired) electrons. The van der Waals surface area contributed by atoms with E-state index in [1.165, 1.54) is 12.1 Å². The van der Waals surface area contributed by atoms with Crippen molar-refractivity contribution in [2.24, 2.45) is 5.14 Å². The summed E-state index contributed by atoms with van der Waals surface area (Å²) in [4.78, 5) is 12.3. The molecule has 7 heteroatoms. The first kappa shape index (κ1) is 18.7. The summed E-state index contributed by atoms with van der Waals surface area (Å²) in [5.74, 6) is 0.370. The summed E-state index contributed by atoms with van der Waals surface area (Å²) in [5.41, 5.74) is 1.12. The number of nitrogens with one attached hydrogen (secondary N) is 1. The molecule has 1 atom stereocenters. The van der Waals surface area contributed by atoms with Gasteiger partial charge in [0.1, 0.15) is 12.4 Å². The Hall–Kier alpha value is -2.64. The first-order chi connectivity index (χ1) is 11.8. The van der Waals surface area contributed by atoms with Crippen molar-refractivity contribution in [2.45, 2.75) is 17.9 Å². The summed E-state index contributed by atoms with van der Waals surface area (Å²) in [7, 11) is -3.79. The maximum absolute atomic E-state index is 12.3. The lowest BCUT2D eigenvalue weighted by atomic mass is 10.1. The third kappa shape index (κ3) is 5.17. The predicted molar refractivity (Wildman–Crippen MR) is 95.8 cm³/mol. The molecule has 0 fully saturated rings. The zero-order valence-electron chi connectivity index (χ0n) is 13.8. The number of nitrogens with two attached hydrogens (primary N) is 1. The number of sulfonamides is 1. The van der Waals surface area contributed by atoms with E-state index < -0.39 is 10.0 Å². The van der Waals surface area contributed by atoms with E-state index in [0.717, 1.165) is 0 Å². The van der Waals surface area contributed by atoms with Crippen molar-refractivity contribution in [3.8, 4) is 5.75 Å². The Balaban J connectivity index is 2.08. The molecule has 0 spiro atoms. The minimum absolute atomic E-state index is 0.00909. The minimum Gasteiger partial charge on any atom is -0.490 e. The lowest BCUT2D eigenvalue weighted by Gasteiger charge is -2.15. The molecule has 1 amide bonds. The average molecular weight is 360 g/mol. The normalized spacial score (nSPS) is 12.2. The number of benzene rings is 2. The zero-order chi connectivity index (χ0) is 18.4. The van der Waals surface area contributed by atoms with Crippen LogP contribution in [0, 0.1) is 0 Å². The second-order valence-electron chi connectivity index (χ2n) is 5.44. The molecule has 0 aliphatic heterocycles. The summed E-state index contributed by atoms with van der Waals surface area (Å²) < 4.78 is 28.2. The first-order valence-corrected chi connectivity index (χ1v) is 9.13. The molecular formula is C18H20N2O4S. The van der Waals surface area contributed by atoms with E-state index in [1.807, 2.05) is 0 Å². The van der Waals surface area contributed by atoms with E-state index >= 15 is 0 Å². The smallest absolute Gasteiger partial charge is 0.251 e. The molecule has 3 N–H and O–H groups in total. The molecule has 0 saturated heterocycles. The number of hydrogen-bond acceptors (Lipinski definition) is 4. The molecule has 2 rings (SSSR count). The maximum atomic E-state index is 12.3. The largest absolute Gasteiger partial charge is 0.490 e. The summed E-state index contributed by atoms with van der Waals surface area (Å²) >= 11 is 0. The minimum atomic E-state index is -3.79. The molecule has 0 aliphatic carbocycles. The van der Waals surface area contributed by atoms with Crippen LogP contribution in [0.4, 0.5) is 0 Å². The Morgan fingerprint density at radius 3 is 2.56 bits per heavy atom. The molecule has 2 aromatic carbocycles. The summed E-state index contributed by atoms with van der Waals surface area (Å²) in [6, 6.07) is 12.5. The van der Waals surface area contributed by atoms with Crippen LogP contribution in [0.3, 0.4) is 0 Å². The van der Waals surface area contributed by atoms with E-state index in [4.69, 9.17) is 9.88 Å². The van der Waals surface area contributed by atoms with Gasteiger partial charge in [0.2, 0.25) is 10.0 Å². The quantitative estimate of drug-likeness (QED) is 0.741. The summed E-state index contributed by atoms with van der Waals surface area (Å²) in [5, 5.41) is 7.96. The standard InChI is InChI=1S/C18H20N2O4S/c1-3-11-24-16-9-7-14(8-10-16)18(21)20-13(2)15-5-4-6-17(12-15)25(19,22)23/h3-10,12-13H,1,11H2,2H3,(H,20,21)(H2,19,22,23). The van der Waals surface area contributed by atoms with Crippen molar-refractivity contribution in [1.29, 1.82) is 0 Å². The van der Waals surface area contributed by atoms with Crippen LogP contribution in [0.25, 0.3) is 0 Å². The first-order valence-electron chi connectivity index (χ1n) is 7.58. The van der Waals surface area contributed by atoms with E-state index in [1.54, 1.807) is 49.4 Å². The molecule has 0 aliphatic rings. The number of primary sulfonamides is 1. The van der Waals surface area contributed by atoms with Crippen molar-refractivity contribution >= 4 is 15.9 Å². The summed E-state index contributed by atoms with van der Waals surface area (Å²) in [6.07, 6.45) is 1.64. The van der Waals surface area contributed by atoms with Crippen LogP contribution in [-0.2, 0) is 10.0 Å². The lowest BCUT2D eigenvalue weighted by molar-refractivity contribution is 0.0940. The molecule has 0 bridgehead atoms. The Kier molecular flexibility index (Phi) is 5.95. The highest BCUT2D eigenvalue weighted by atomic mass is 32.2. The van der Waals surface area contributed by atoms with E-state index in [-0.39, 0.29) is 16.8 Å². The fourth-order valence-corrected chi connectivity index (χ4v) is 2.75. The van der Waals surface area contributed by atoms with Gasteiger partial charge in [0, 0.05) is 5.56 Å². The second kappa shape index (κ2) is 7.96. The van der Waals surface area contributed by atoms with Crippen molar-refractivity contribution < 1.29 is 17.9 Å². The van der Waals surface area contributed by atoms with Gasteiger partial charge in [0.25, 0.3) is 5.91 Å². The lowest BCUT2D eigenvalue weighted by Crippen LogP contribution is -2.26. The van der Waals surface area contributed by atoms with Gasteiger partial charge < -0.3 is 10.1 Å². The van der Waals surface area contributed by atoms with Crippen molar-refractivity contribution in [3.63, 3.8) is 0 Å². The SMILES string of the molecule is C=CCOc1ccc(C(=O)NC(C)c2cccc(S(N)(=O)=O)c2)cc1. The monoisotopic (exact) mass is 360 g/mol. The highest BCUT2D eigenvalue weighted by Gasteiger charge is 2.14. The number of carbonyl (C=O) groups excluding carboxylic acids is 1. The predicted octanol–water partition coefficient (Wildman–Crippen LogP) is 2.39. The van der Waals surface area contributed by atoms with Gasteiger partial charge in [0.15, 0.2) is 0 Å². The molecule has 25 heavy (non-hydrogen) atoms. The van der Waals surface area contributed by atoms with Crippen LogP contribution in [0.1, 0.15) is 28.9 Å². The van der Waals surface area contributed by atoms with Crippen LogP contribution in [0.15, 0.2) is 66.1 Å². The van der Waals surface area contributed by atoms with Gasteiger partial charge >= 0.3 is 0 Å². The molecule has 2 aromatic rings. The Morgan fingerprint density at radius 2 is 1.96 bits per heavy atom. The molecule has 132 valence electrons. The molecule has 0 saturated carbocycles. The summed E-state index contributed by atoms with van der Waals surface area (Å²) in [6.45, 7) is 5.73. The van der Waals surface area contributed by atoms with Crippen molar-refractivity contribution in [2.75, 3.05) is 6.61 Å². The van der Waals surface area contributed by atoms with Gasteiger partial charge in [-0.05, 0) is 48.9 Å². The van der Waals surface area contributed by atoms with Gasteiger partial charge in [-0.25, -0.2) is 13.6 Å². The Morgan fingerprint density at radius 1 is 1.28 bits per heavy atom. The van der Waals surface area contributed by atoms with Crippen LogP contribution < -0.4 is 15.2 Å². The van der Waals surface area contributed by atoms with Crippen LogP contribution in [0.2, 0.25) is 0 Å². The van der Waals surface area contributed by atoms with Gasteiger partial charge in [-0.3, -0.25) is 4.79 Å². The van der Waals surface area contributed by atoms with Crippen molar-refractivity contribution in [3.05, 3.63) is 72.3 Å². The van der Waals surface area contributed by atoms with E-state index in [2.05, 4.69) is 11.9 Å². The Labute approximate surface area is 147 Å². The third-order valence-corrected chi connectivity index (χ3v) is 4.43. The number of ether oxygens (including phenoxy) is 1. The van der Waals surface area contributed by atoms with E-state index in [9.17, 15) is 13.2 Å². The van der Waals surface area contributed by atoms with Gasteiger partial charge in [-0.2, -0.15) is 0 Å². The maximum Gasteiger partial charge on any atom is 0.251 e. The fourth-order valence-electron chi connectivity index (χ4n) is 2.18. The van der Waals surface area contributed by atoms with Crippen LogP contribution in [-0.4, -0.2) is 20.9 Å². The van der Waals surface area contributed by atoms with Gasteiger partial charge in [0.05, 0.1) is 10.9 Å². The fraction of sp³-hybridized carbons (Fsp3) is 0.167.